The van der Waals surface area contributed by atoms with Crippen molar-refractivity contribution in [3.63, 3.8) is 0 Å². The molecule has 0 heterocycles. The number of nitrogens with two attached hydrogens (primary N) is 1. The van der Waals surface area contributed by atoms with Gasteiger partial charge in [-0.2, -0.15) is 0 Å². The third kappa shape index (κ3) is 3.52. The van der Waals surface area contributed by atoms with Crippen LogP contribution in [-0.2, 0) is 30.3 Å². The molecule has 10 nitrogen and oxygen atoms in total. The third-order valence-electron chi connectivity index (χ3n) is 7.79. The highest BCUT2D eigenvalue weighted by molar-refractivity contribution is 6.23. The van der Waals surface area contributed by atoms with Gasteiger partial charge >= 0.3 is 5.97 Å². The number of aliphatic hydroxyl groups is 3. The van der Waals surface area contributed by atoms with Crippen molar-refractivity contribution in [1.29, 1.82) is 0 Å². The number of Topliss-reactive ketones (excluding diaryl/α,β-unsaturated/α-hetero) is 2. The van der Waals surface area contributed by atoms with Crippen LogP contribution in [0.5, 0.6) is 5.75 Å². The summed E-state index contributed by atoms with van der Waals surface area (Å²) in [5, 5.41) is 44.3. The summed E-state index contributed by atoms with van der Waals surface area (Å²) in [6.07, 6.45) is -2.17. The number of carbonyl (C=O) groups is 4. The quantitative estimate of drug-likeness (QED) is 0.296. The van der Waals surface area contributed by atoms with Crippen LogP contribution in [0.3, 0.4) is 0 Å². The summed E-state index contributed by atoms with van der Waals surface area (Å²) >= 11 is 0. The van der Waals surface area contributed by atoms with Gasteiger partial charge in [0, 0.05) is 23.8 Å². The molecule has 0 spiro atoms. The van der Waals surface area contributed by atoms with Crippen molar-refractivity contribution >= 4 is 29.2 Å². The topological polar surface area (TPSA) is 184 Å². The minimum atomic E-state index is -2.89. The first kappa shape index (κ1) is 25.2. The molecule has 0 saturated heterocycles. The van der Waals surface area contributed by atoms with Gasteiger partial charge in [0.25, 0.3) is 5.91 Å². The molecule has 5 rings (SSSR count). The number of phenolic OH excluding ortho intramolecular Hbond substituents is 1. The van der Waals surface area contributed by atoms with Gasteiger partial charge in [-0.25, -0.2) is 0 Å². The Kier molecular flexibility index (Phi) is 5.87. The molecule has 38 heavy (non-hydrogen) atoms. The molecule has 0 unspecified atom stereocenters. The standard InChI is InChI=1S/C28H25NO9/c1-12-14-8-5-9-16(30)20(14)23(33)22-19(12)24(38-18(32)10-13-6-3-2-4-7-13)15-11-17(31)21(27(29)36)25(34)28(15,37)26(22)35/h2-9,12,15,19,24,30,33-34,37H,10-11H2,1H3,(H2,29,36)/t12-,15+,19+,24+,28+/m0/s1. The van der Waals surface area contributed by atoms with Gasteiger partial charge in [-0.3, -0.25) is 19.2 Å². The number of rotatable bonds is 4. The van der Waals surface area contributed by atoms with E-state index in [0.29, 0.717) is 11.1 Å². The predicted molar refractivity (Wildman–Crippen MR) is 132 cm³/mol. The van der Waals surface area contributed by atoms with E-state index in [1.807, 2.05) is 0 Å². The minimum absolute atomic E-state index is 0.0403. The maximum Gasteiger partial charge on any atom is 0.310 e. The van der Waals surface area contributed by atoms with Gasteiger partial charge in [0.2, 0.25) is 5.78 Å². The summed E-state index contributed by atoms with van der Waals surface area (Å²) in [4.78, 5) is 51.7. The van der Waals surface area contributed by atoms with Crippen LogP contribution in [0.4, 0.5) is 0 Å². The Balaban J connectivity index is 1.70. The number of aromatic hydroxyl groups is 1. The molecule has 10 heteroatoms. The number of primary amides is 1. The summed E-state index contributed by atoms with van der Waals surface area (Å²) in [6.45, 7) is 1.69. The van der Waals surface area contributed by atoms with E-state index in [1.54, 1.807) is 49.4 Å². The molecule has 0 aromatic heterocycles. The Morgan fingerprint density at radius 2 is 1.74 bits per heavy atom. The highest BCUT2D eigenvalue weighted by atomic mass is 16.5. The largest absolute Gasteiger partial charge is 0.508 e. The zero-order valence-electron chi connectivity index (χ0n) is 20.2. The number of carbonyl (C=O) groups excluding carboxylic acids is 4. The number of esters is 1. The summed E-state index contributed by atoms with van der Waals surface area (Å²) < 4.78 is 5.84. The zero-order valence-corrected chi connectivity index (χ0v) is 20.2. The molecule has 2 aromatic rings. The van der Waals surface area contributed by atoms with E-state index >= 15 is 0 Å². The Morgan fingerprint density at radius 1 is 1.05 bits per heavy atom. The molecule has 0 bridgehead atoms. The lowest BCUT2D eigenvalue weighted by Crippen LogP contribution is -2.64. The summed E-state index contributed by atoms with van der Waals surface area (Å²) in [5.41, 5.74) is 2.08. The van der Waals surface area contributed by atoms with Crippen LogP contribution in [0.15, 0.2) is 65.4 Å². The molecular weight excluding hydrogens is 494 g/mol. The summed E-state index contributed by atoms with van der Waals surface area (Å²) in [6, 6.07) is 13.2. The van der Waals surface area contributed by atoms with E-state index < -0.39 is 82.0 Å². The van der Waals surface area contributed by atoms with E-state index in [9.17, 15) is 39.6 Å². The van der Waals surface area contributed by atoms with Crippen LogP contribution in [-0.4, -0.2) is 55.6 Å². The number of hydrogen-bond donors (Lipinski definition) is 5. The minimum Gasteiger partial charge on any atom is -0.508 e. The third-order valence-corrected chi connectivity index (χ3v) is 7.79. The number of ether oxygens (including phenoxy) is 1. The molecule has 3 aliphatic rings. The fourth-order valence-corrected chi connectivity index (χ4v) is 6.04. The number of fused-ring (bicyclic) bond motifs is 3. The second-order valence-corrected chi connectivity index (χ2v) is 9.85. The first-order valence-corrected chi connectivity index (χ1v) is 12.0. The lowest BCUT2D eigenvalue weighted by atomic mass is 9.55. The Labute approximate surface area is 216 Å². The second-order valence-electron chi connectivity index (χ2n) is 9.85. The van der Waals surface area contributed by atoms with E-state index in [1.165, 1.54) is 6.07 Å². The Hall–Kier alpha value is -4.44. The first-order valence-electron chi connectivity index (χ1n) is 12.0. The van der Waals surface area contributed by atoms with Crippen LogP contribution in [0, 0.1) is 11.8 Å². The van der Waals surface area contributed by atoms with Crippen LogP contribution in [0.2, 0.25) is 0 Å². The van der Waals surface area contributed by atoms with Crippen molar-refractivity contribution in [3.05, 3.63) is 82.1 Å². The fourth-order valence-electron chi connectivity index (χ4n) is 6.04. The SMILES string of the molecule is C[C@H]1c2cccc(O)c2C(O)=C2C(=O)[C@]3(O)C(O)=C(C(N)=O)C(=O)C[C@@H]3[C@@H](OC(=O)Cc3ccccc3)[C@@H]21. The molecule has 3 aliphatic carbocycles. The monoisotopic (exact) mass is 519 g/mol. The molecule has 1 fully saturated rings. The number of benzene rings is 2. The Morgan fingerprint density at radius 3 is 2.39 bits per heavy atom. The van der Waals surface area contributed by atoms with Crippen molar-refractivity contribution in [2.75, 3.05) is 0 Å². The van der Waals surface area contributed by atoms with E-state index in [2.05, 4.69) is 0 Å². The van der Waals surface area contributed by atoms with E-state index in [4.69, 9.17) is 10.5 Å². The van der Waals surface area contributed by atoms with Gasteiger partial charge in [0.05, 0.1) is 12.0 Å². The van der Waals surface area contributed by atoms with Gasteiger partial charge in [0.15, 0.2) is 11.4 Å². The van der Waals surface area contributed by atoms with E-state index in [0.717, 1.165) is 0 Å². The van der Waals surface area contributed by atoms with Crippen molar-refractivity contribution in [1.82, 2.24) is 0 Å². The normalized spacial score (nSPS) is 28.4. The zero-order chi connectivity index (χ0) is 27.5. The number of phenols is 1. The molecular formula is C28H25NO9. The highest BCUT2D eigenvalue weighted by Crippen LogP contribution is 2.56. The first-order chi connectivity index (χ1) is 18.0. The molecule has 2 aromatic carbocycles. The van der Waals surface area contributed by atoms with E-state index in [-0.39, 0.29) is 17.7 Å². The average molecular weight is 520 g/mol. The molecule has 0 aliphatic heterocycles. The lowest BCUT2D eigenvalue weighted by Gasteiger charge is -2.51. The van der Waals surface area contributed by atoms with Crippen molar-refractivity contribution in [2.45, 2.75) is 37.4 Å². The van der Waals surface area contributed by atoms with Gasteiger partial charge in [0.1, 0.15) is 28.9 Å². The van der Waals surface area contributed by atoms with Gasteiger partial charge < -0.3 is 30.9 Å². The smallest absolute Gasteiger partial charge is 0.310 e. The molecule has 6 N–H and O–H groups in total. The van der Waals surface area contributed by atoms with Crippen molar-refractivity contribution < 1.29 is 44.3 Å². The van der Waals surface area contributed by atoms with Crippen LogP contribution < -0.4 is 5.73 Å². The molecule has 0 radical (unpaired) electrons. The predicted octanol–water partition coefficient (Wildman–Crippen LogP) is 1.75. The van der Waals surface area contributed by atoms with Gasteiger partial charge in [-0.15, -0.1) is 0 Å². The highest BCUT2D eigenvalue weighted by Gasteiger charge is 2.66. The molecule has 5 atom stereocenters. The second kappa shape index (κ2) is 8.84. The van der Waals surface area contributed by atoms with Crippen molar-refractivity contribution in [3.8, 4) is 5.75 Å². The average Bonchev–Trinajstić information content (AvgIpc) is 2.86. The van der Waals surface area contributed by atoms with Crippen LogP contribution in [0.1, 0.15) is 36.0 Å². The van der Waals surface area contributed by atoms with Crippen LogP contribution in [0.25, 0.3) is 5.76 Å². The molecule has 1 saturated carbocycles. The van der Waals surface area contributed by atoms with Crippen molar-refractivity contribution in [2.24, 2.45) is 17.6 Å². The fraction of sp³-hybridized carbons (Fsp3) is 0.286. The number of ketones is 2. The lowest BCUT2D eigenvalue weighted by molar-refractivity contribution is -0.178. The van der Waals surface area contributed by atoms with Gasteiger partial charge in [-0.05, 0) is 23.1 Å². The van der Waals surface area contributed by atoms with Gasteiger partial charge in [-0.1, -0.05) is 49.4 Å². The summed E-state index contributed by atoms with van der Waals surface area (Å²) in [7, 11) is 0. The Bertz CT molecular complexity index is 1460. The number of amides is 1. The summed E-state index contributed by atoms with van der Waals surface area (Å²) in [5.74, 6) is -9.57. The number of hydrogen-bond acceptors (Lipinski definition) is 9. The molecule has 1 amide bonds. The number of aliphatic hydroxyl groups excluding tert-OH is 2. The maximum atomic E-state index is 13.9. The maximum absolute atomic E-state index is 13.9. The molecule has 196 valence electrons. The van der Waals surface area contributed by atoms with Crippen LogP contribution >= 0.6 is 0 Å².